The van der Waals surface area contributed by atoms with Crippen LogP contribution in [-0.2, 0) is 4.79 Å². The van der Waals surface area contributed by atoms with Gasteiger partial charge in [0.25, 0.3) is 5.91 Å². The Hall–Kier alpha value is -2.49. The number of carbonyl (C=O) groups excluding carboxylic acids is 1. The van der Waals surface area contributed by atoms with Crippen LogP contribution in [0.5, 0.6) is 11.5 Å². The first-order valence-corrected chi connectivity index (χ1v) is 7.30. The van der Waals surface area contributed by atoms with Crippen molar-refractivity contribution in [2.24, 2.45) is 0 Å². The van der Waals surface area contributed by atoms with E-state index in [1.807, 2.05) is 56.3 Å². The minimum atomic E-state index is -0.549. The monoisotopic (exact) mass is 299 g/mol. The van der Waals surface area contributed by atoms with Gasteiger partial charge in [-0.15, -0.1) is 0 Å². The summed E-state index contributed by atoms with van der Waals surface area (Å²) in [7, 11) is 1.60. The number of ether oxygens (including phenoxy) is 2. The van der Waals surface area contributed by atoms with E-state index in [1.54, 1.807) is 13.2 Å². The summed E-state index contributed by atoms with van der Waals surface area (Å²) in [6.45, 7) is 3.90. The van der Waals surface area contributed by atoms with Crippen LogP contribution in [0.15, 0.2) is 48.5 Å². The zero-order valence-electron chi connectivity index (χ0n) is 13.1. The van der Waals surface area contributed by atoms with Crippen LogP contribution in [0.2, 0.25) is 0 Å². The zero-order chi connectivity index (χ0) is 15.9. The SMILES string of the molecule is CC[C@H](Oc1cccc(OC)c1)C(=O)Nc1cccc(C)c1. The maximum Gasteiger partial charge on any atom is 0.265 e. The van der Waals surface area contributed by atoms with Gasteiger partial charge >= 0.3 is 0 Å². The quantitative estimate of drug-likeness (QED) is 0.882. The van der Waals surface area contributed by atoms with Crippen LogP contribution in [0.25, 0.3) is 0 Å². The average Bonchev–Trinajstić information content (AvgIpc) is 2.52. The van der Waals surface area contributed by atoms with Gasteiger partial charge in [0.2, 0.25) is 0 Å². The van der Waals surface area contributed by atoms with E-state index >= 15 is 0 Å². The molecule has 0 aliphatic rings. The lowest BCUT2D eigenvalue weighted by molar-refractivity contribution is -0.122. The molecule has 1 atom stereocenters. The van der Waals surface area contributed by atoms with Gasteiger partial charge in [-0.05, 0) is 43.2 Å². The molecule has 0 aliphatic heterocycles. The highest BCUT2D eigenvalue weighted by Gasteiger charge is 2.18. The zero-order valence-corrected chi connectivity index (χ0v) is 13.1. The third kappa shape index (κ3) is 4.25. The Morgan fingerprint density at radius 2 is 1.86 bits per heavy atom. The predicted molar refractivity (Wildman–Crippen MR) is 87.5 cm³/mol. The molecule has 0 spiro atoms. The number of carbonyl (C=O) groups is 1. The van der Waals surface area contributed by atoms with Gasteiger partial charge in [0.05, 0.1) is 7.11 Å². The molecule has 1 N–H and O–H groups in total. The summed E-state index contributed by atoms with van der Waals surface area (Å²) in [4.78, 5) is 12.3. The molecule has 0 saturated heterocycles. The van der Waals surface area contributed by atoms with Gasteiger partial charge in [0.1, 0.15) is 11.5 Å². The number of rotatable bonds is 6. The van der Waals surface area contributed by atoms with Gasteiger partial charge in [0.15, 0.2) is 6.10 Å². The van der Waals surface area contributed by atoms with E-state index in [0.717, 1.165) is 11.3 Å². The number of hydrogen-bond donors (Lipinski definition) is 1. The van der Waals surface area contributed by atoms with E-state index in [0.29, 0.717) is 17.9 Å². The summed E-state index contributed by atoms with van der Waals surface area (Å²) >= 11 is 0. The van der Waals surface area contributed by atoms with E-state index in [2.05, 4.69) is 5.32 Å². The third-order valence-corrected chi connectivity index (χ3v) is 3.27. The Morgan fingerprint density at radius 1 is 1.14 bits per heavy atom. The first kappa shape index (κ1) is 15.9. The summed E-state index contributed by atoms with van der Waals surface area (Å²) in [5, 5.41) is 2.89. The van der Waals surface area contributed by atoms with E-state index in [4.69, 9.17) is 9.47 Å². The van der Waals surface area contributed by atoms with Crippen LogP contribution < -0.4 is 14.8 Å². The van der Waals surface area contributed by atoms with Crippen LogP contribution >= 0.6 is 0 Å². The maximum absolute atomic E-state index is 12.3. The van der Waals surface area contributed by atoms with Crippen molar-refractivity contribution in [2.45, 2.75) is 26.4 Å². The number of amides is 1. The molecule has 0 aromatic heterocycles. The second-order valence-corrected chi connectivity index (χ2v) is 5.05. The summed E-state index contributed by atoms with van der Waals surface area (Å²) in [6.07, 6.45) is 0.0297. The van der Waals surface area contributed by atoms with Crippen LogP contribution in [0.3, 0.4) is 0 Å². The molecule has 0 unspecified atom stereocenters. The van der Waals surface area contributed by atoms with E-state index in [-0.39, 0.29) is 5.91 Å². The van der Waals surface area contributed by atoms with E-state index < -0.39 is 6.10 Å². The van der Waals surface area contributed by atoms with Gasteiger partial charge < -0.3 is 14.8 Å². The highest BCUT2D eigenvalue weighted by atomic mass is 16.5. The molecule has 0 saturated carbocycles. The smallest absolute Gasteiger partial charge is 0.265 e. The minimum absolute atomic E-state index is 0.157. The molecule has 22 heavy (non-hydrogen) atoms. The molecule has 1 amide bonds. The topological polar surface area (TPSA) is 47.6 Å². The highest BCUT2D eigenvalue weighted by molar-refractivity contribution is 5.94. The van der Waals surface area contributed by atoms with Gasteiger partial charge in [0, 0.05) is 11.8 Å². The summed E-state index contributed by atoms with van der Waals surface area (Å²) in [5.74, 6) is 1.16. The fourth-order valence-electron chi connectivity index (χ4n) is 2.11. The molecule has 2 aromatic rings. The van der Waals surface area contributed by atoms with Crippen LogP contribution in [-0.4, -0.2) is 19.1 Å². The van der Waals surface area contributed by atoms with E-state index in [9.17, 15) is 4.79 Å². The molecule has 2 rings (SSSR count). The third-order valence-electron chi connectivity index (χ3n) is 3.27. The first-order chi connectivity index (χ1) is 10.6. The highest BCUT2D eigenvalue weighted by Crippen LogP contribution is 2.21. The van der Waals surface area contributed by atoms with Gasteiger partial charge in [-0.2, -0.15) is 0 Å². The Kier molecular flexibility index (Phi) is 5.42. The Balaban J connectivity index is 2.05. The molecular formula is C18H21NO3. The van der Waals surface area contributed by atoms with Crippen LogP contribution in [0.4, 0.5) is 5.69 Å². The maximum atomic E-state index is 12.3. The Bertz CT molecular complexity index is 640. The molecule has 0 bridgehead atoms. The molecule has 0 heterocycles. The van der Waals surface area contributed by atoms with Crippen LogP contribution in [0, 0.1) is 6.92 Å². The molecule has 0 aliphatic carbocycles. The fraction of sp³-hybridized carbons (Fsp3) is 0.278. The molecule has 116 valence electrons. The number of aryl methyl sites for hydroxylation is 1. The van der Waals surface area contributed by atoms with Gasteiger partial charge in [-0.3, -0.25) is 4.79 Å². The van der Waals surface area contributed by atoms with Crippen molar-refractivity contribution in [3.63, 3.8) is 0 Å². The number of anilines is 1. The van der Waals surface area contributed by atoms with Gasteiger partial charge in [-0.25, -0.2) is 0 Å². The summed E-state index contributed by atoms with van der Waals surface area (Å²) < 4.78 is 10.9. The molecule has 4 heteroatoms. The van der Waals surface area contributed by atoms with Crippen molar-refractivity contribution in [2.75, 3.05) is 12.4 Å². The predicted octanol–water partition coefficient (Wildman–Crippen LogP) is 3.80. The van der Waals surface area contributed by atoms with Crippen LogP contribution in [0.1, 0.15) is 18.9 Å². The average molecular weight is 299 g/mol. The lowest BCUT2D eigenvalue weighted by atomic mass is 10.2. The number of methoxy groups -OCH3 is 1. The molecule has 0 radical (unpaired) electrons. The van der Waals surface area contributed by atoms with Crippen molar-refractivity contribution in [3.05, 3.63) is 54.1 Å². The second-order valence-electron chi connectivity index (χ2n) is 5.05. The summed E-state index contributed by atoms with van der Waals surface area (Å²) in [5.41, 5.74) is 1.87. The lowest BCUT2D eigenvalue weighted by Crippen LogP contribution is -2.32. The normalized spacial score (nSPS) is 11.6. The number of nitrogens with one attached hydrogen (secondary N) is 1. The lowest BCUT2D eigenvalue weighted by Gasteiger charge is -2.18. The summed E-state index contributed by atoms with van der Waals surface area (Å²) in [6, 6.07) is 14.9. The molecule has 2 aromatic carbocycles. The largest absolute Gasteiger partial charge is 0.497 e. The number of benzene rings is 2. The standard InChI is InChI=1S/C18H21NO3/c1-4-17(22-16-10-6-9-15(12-16)21-3)18(20)19-14-8-5-7-13(2)11-14/h5-12,17H,4H2,1-3H3,(H,19,20)/t17-/m0/s1. The Labute approximate surface area is 131 Å². The van der Waals surface area contributed by atoms with Gasteiger partial charge in [-0.1, -0.05) is 25.1 Å². The van der Waals surface area contributed by atoms with Crippen molar-refractivity contribution < 1.29 is 14.3 Å². The number of hydrogen-bond acceptors (Lipinski definition) is 3. The fourth-order valence-corrected chi connectivity index (χ4v) is 2.11. The van der Waals surface area contributed by atoms with Crippen molar-refractivity contribution >= 4 is 11.6 Å². The van der Waals surface area contributed by atoms with Crippen molar-refractivity contribution in [1.29, 1.82) is 0 Å². The van der Waals surface area contributed by atoms with E-state index in [1.165, 1.54) is 0 Å². The first-order valence-electron chi connectivity index (χ1n) is 7.30. The molecule has 4 nitrogen and oxygen atoms in total. The van der Waals surface area contributed by atoms with Crippen molar-refractivity contribution in [1.82, 2.24) is 0 Å². The van der Waals surface area contributed by atoms with Crippen molar-refractivity contribution in [3.8, 4) is 11.5 Å². The minimum Gasteiger partial charge on any atom is -0.497 e. The molecular weight excluding hydrogens is 278 g/mol. The molecule has 0 fully saturated rings. The Morgan fingerprint density at radius 3 is 2.55 bits per heavy atom. The second kappa shape index (κ2) is 7.50.